The lowest BCUT2D eigenvalue weighted by atomic mass is 9.97. The van der Waals surface area contributed by atoms with Crippen LogP contribution in [0.5, 0.6) is 0 Å². The van der Waals surface area contributed by atoms with Crippen LogP contribution in [0.15, 0.2) is 30.3 Å². The average molecular weight is 203 g/mol. The van der Waals surface area contributed by atoms with Crippen molar-refractivity contribution in [2.75, 3.05) is 13.1 Å². The van der Waals surface area contributed by atoms with Crippen LogP contribution in [0, 0.1) is 5.92 Å². The van der Waals surface area contributed by atoms with Gasteiger partial charge in [0.2, 0.25) is 0 Å². The molecule has 82 valence electrons. The Balaban J connectivity index is 2.04. The van der Waals surface area contributed by atoms with E-state index in [2.05, 4.69) is 49.1 Å². The number of rotatable bonds is 2. The van der Waals surface area contributed by atoms with Gasteiger partial charge in [-0.2, -0.15) is 0 Å². The van der Waals surface area contributed by atoms with E-state index in [0.717, 1.165) is 5.92 Å². The van der Waals surface area contributed by atoms with Gasteiger partial charge in [-0.25, -0.2) is 0 Å². The van der Waals surface area contributed by atoms with E-state index in [0.29, 0.717) is 6.04 Å². The minimum atomic E-state index is 0.578. The fourth-order valence-corrected chi connectivity index (χ4v) is 2.52. The number of likely N-dealkylation sites (tertiary alicyclic amines) is 1. The van der Waals surface area contributed by atoms with E-state index in [4.69, 9.17) is 0 Å². The molecule has 1 nitrogen and oxygen atoms in total. The van der Waals surface area contributed by atoms with Gasteiger partial charge >= 0.3 is 0 Å². The minimum Gasteiger partial charge on any atom is -0.296 e. The number of hydrogen-bond donors (Lipinski definition) is 0. The van der Waals surface area contributed by atoms with Gasteiger partial charge in [-0.05, 0) is 37.8 Å². The van der Waals surface area contributed by atoms with Crippen molar-refractivity contribution in [3.8, 4) is 0 Å². The van der Waals surface area contributed by atoms with E-state index >= 15 is 0 Å². The van der Waals surface area contributed by atoms with Crippen molar-refractivity contribution < 1.29 is 0 Å². The predicted octanol–water partition coefficient (Wildman–Crippen LogP) is 3.48. The Kier molecular flexibility index (Phi) is 3.42. The van der Waals surface area contributed by atoms with Gasteiger partial charge in [-0.1, -0.05) is 37.3 Å². The fraction of sp³-hybridized carbons (Fsp3) is 0.571. The van der Waals surface area contributed by atoms with Gasteiger partial charge < -0.3 is 0 Å². The molecule has 1 fully saturated rings. The molecule has 1 aromatic carbocycles. The molecule has 2 rings (SSSR count). The van der Waals surface area contributed by atoms with Crippen LogP contribution >= 0.6 is 0 Å². The summed E-state index contributed by atoms with van der Waals surface area (Å²) in [6, 6.07) is 11.4. The Morgan fingerprint density at radius 3 is 2.67 bits per heavy atom. The third-order valence-electron chi connectivity index (χ3n) is 3.52. The molecular weight excluding hydrogens is 182 g/mol. The molecule has 1 aliphatic rings. The van der Waals surface area contributed by atoms with Crippen molar-refractivity contribution in [1.29, 1.82) is 0 Å². The summed E-state index contributed by atoms with van der Waals surface area (Å²) in [6.07, 6.45) is 2.76. The van der Waals surface area contributed by atoms with Gasteiger partial charge in [0.1, 0.15) is 0 Å². The van der Waals surface area contributed by atoms with Crippen molar-refractivity contribution in [2.24, 2.45) is 5.92 Å². The smallest absolute Gasteiger partial charge is 0.0319 e. The lowest BCUT2D eigenvalue weighted by Crippen LogP contribution is -2.36. The Bertz CT molecular complexity index is 293. The summed E-state index contributed by atoms with van der Waals surface area (Å²) >= 11 is 0. The third kappa shape index (κ3) is 2.60. The van der Waals surface area contributed by atoms with Crippen LogP contribution in [0.2, 0.25) is 0 Å². The van der Waals surface area contributed by atoms with Crippen molar-refractivity contribution in [1.82, 2.24) is 4.90 Å². The first-order valence-corrected chi connectivity index (χ1v) is 6.06. The molecule has 0 bridgehead atoms. The molecule has 0 spiro atoms. The highest BCUT2D eigenvalue weighted by atomic mass is 15.2. The highest BCUT2D eigenvalue weighted by Crippen LogP contribution is 2.25. The molecule has 1 heteroatoms. The molecule has 0 amide bonds. The van der Waals surface area contributed by atoms with Crippen LogP contribution < -0.4 is 0 Å². The summed E-state index contributed by atoms with van der Waals surface area (Å²) in [7, 11) is 0. The van der Waals surface area contributed by atoms with Crippen LogP contribution in [0.4, 0.5) is 0 Å². The van der Waals surface area contributed by atoms with Gasteiger partial charge in [-0.15, -0.1) is 0 Å². The Morgan fingerprint density at radius 2 is 2.00 bits per heavy atom. The number of benzene rings is 1. The molecule has 0 unspecified atom stereocenters. The Morgan fingerprint density at radius 1 is 1.27 bits per heavy atom. The van der Waals surface area contributed by atoms with Crippen molar-refractivity contribution >= 4 is 0 Å². The molecule has 0 saturated carbocycles. The molecular formula is C14H21N. The summed E-state index contributed by atoms with van der Waals surface area (Å²) in [5.41, 5.74) is 1.45. The maximum absolute atomic E-state index is 2.61. The zero-order valence-corrected chi connectivity index (χ0v) is 9.82. The van der Waals surface area contributed by atoms with Crippen LogP contribution in [0.3, 0.4) is 0 Å². The molecule has 1 aliphatic heterocycles. The first kappa shape index (κ1) is 10.7. The number of piperidine rings is 1. The maximum Gasteiger partial charge on any atom is 0.0319 e. The lowest BCUT2D eigenvalue weighted by Gasteiger charge is -2.35. The van der Waals surface area contributed by atoms with Gasteiger partial charge in [0.25, 0.3) is 0 Å². The summed E-state index contributed by atoms with van der Waals surface area (Å²) in [5.74, 6) is 0.866. The van der Waals surface area contributed by atoms with Gasteiger partial charge in [0.05, 0.1) is 0 Å². The van der Waals surface area contributed by atoms with Gasteiger partial charge in [-0.3, -0.25) is 4.90 Å². The predicted molar refractivity (Wildman–Crippen MR) is 64.8 cm³/mol. The molecule has 0 N–H and O–H groups in total. The summed E-state index contributed by atoms with van der Waals surface area (Å²) in [5, 5.41) is 0. The van der Waals surface area contributed by atoms with E-state index < -0.39 is 0 Å². The first-order chi connectivity index (χ1) is 7.27. The van der Waals surface area contributed by atoms with Crippen molar-refractivity contribution in [3.63, 3.8) is 0 Å². The minimum absolute atomic E-state index is 0.578. The molecule has 0 aromatic heterocycles. The van der Waals surface area contributed by atoms with Crippen molar-refractivity contribution in [2.45, 2.75) is 32.7 Å². The van der Waals surface area contributed by atoms with Gasteiger partial charge in [0.15, 0.2) is 0 Å². The lowest BCUT2D eigenvalue weighted by molar-refractivity contribution is 0.139. The second-order valence-electron chi connectivity index (χ2n) is 4.83. The standard InChI is InChI=1S/C14H21N/c1-12-7-6-10-15(11-12)13(2)14-8-4-3-5-9-14/h3-5,8-9,12-13H,6-7,10-11H2,1-2H3/t12-,13+/m0/s1. The largest absolute Gasteiger partial charge is 0.296 e. The van der Waals surface area contributed by atoms with E-state index in [-0.39, 0.29) is 0 Å². The summed E-state index contributed by atoms with van der Waals surface area (Å²) in [6.45, 7) is 7.22. The highest BCUT2D eigenvalue weighted by molar-refractivity contribution is 5.18. The zero-order valence-electron chi connectivity index (χ0n) is 9.82. The van der Waals surface area contributed by atoms with Crippen molar-refractivity contribution in [3.05, 3.63) is 35.9 Å². The molecule has 2 atom stereocenters. The van der Waals surface area contributed by atoms with E-state index in [9.17, 15) is 0 Å². The summed E-state index contributed by atoms with van der Waals surface area (Å²) < 4.78 is 0. The molecule has 0 radical (unpaired) electrons. The quantitative estimate of drug-likeness (QED) is 0.711. The van der Waals surface area contributed by atoms with Gasteiger partial charge in [0, 0.05) is 12.6 Å². The van der Waals surface area contributed by atoms with Crippen LogP contribution in [-0.4, -0.2) is 18.0 Å². The molecule has 1 saturated heterocycles. The molecule has 1 aromatic rings. The fourth-order valence-electron chi connectivity index (χ4n) is 2.52. The SMILES string of the molecule is C[C@H]1CCCN([C@H](C)c2ccccc2)C1. The average Bonchev–Trinajstić information content (AvgIpc) is 2.29. The third-order valence-corrected chi connectivity index (χ3v) is 3.52. The zero-order chi connectivity index (χ0) is 10.7. The second-order valence-corrected chi connectivity index (χ2v) is 4.83. The monoisotopic (exact) mass is 203 g/mol. The second kappa shape index (κ2) is 4.80. The highest BCUT2D eigenvalue weighted by Gasteiger charge is 2.21. The number of hydrogen-bond acceptors (Lipinski definition) is 1. The van der Waals surface area contributed by atoms with E-state index in [1.807, 2.05) is 0 Å². The number of nitrogens with zero attached hydrogens (tertiary/aromatic N) is 1. The van der Waals surface area contributed by atoms with Crippen LogP contribution in [-0.2, 0) is 0 Å². The summed E-state index contributed by atoms with van der Waals surface area (Å²) in [4.78, 5) is 2.61. The van der Waals surface area contributed by atoms with E-state index in [1.54, 1.807) is 0 Å². The topological polar surface area (TPSA) is 3.24 Å². The molecule has 15 heavy (non-hydrogen) atoms. The molecule has 1 heterocycles. The Labute approximate surface area is 93.1 Å². The Hall–Kier alpha value is -0.820. The van der Waals surface area contributed by atoms with Crippen LogP contribution in [0.1, 0.15) is 38.3 Å². The van der Waals surface area contributed by atoms with Crippen LogP contribution in [0.25, 0.3) is 0 Å². The molecule has 0 aliphatic carbocycles. The maximum atomic E-state index is 2.61. The van der Waals surface area contributed by atoms with E-state index in [1.165, 1.54) is 31.5 Å². The first-order valence-electron chi connectivity index (χ1n) is 6.06. The normalized spacial score (nSPS) is 25.1.